The Kier molecular flexibility index (Phi) is 2.11. The van der Waals surface area contributed by atoms with Crippen molar-refractivity contribution < 1.29 is 9.53 Å². The zero-order valence-corrected chi connectivity index (χ0v) is 6.04. The summed E-state index contributed by atoms with van der Waals surface area (Å²) < 4.78 is 4.76. The van der Waals surface area contributed by atoms with Crippen LogP contribution in [0.3, 0.4) is 0 Å². The minimum absolute atomic E-state index is 0.192. The minimum atomic E-state index is -0.238. The van der Waals surface area contributed by atoms with Gasteiger partial charge in [-0.05, 0) is 13.0 Å². The molecule has 1 rings (SSSR count). The summed E-state index contributed by atoms with van der Waals surface area (Å²) in [4.78, 5) is 12.3. The van der Waals surface area contributed by atoms with E-state index in [0.29, 0.717) is 13.2 Å². The Morgan fingerprint density at radius 3 is 3.00 bits per heavy atom. The summed E-state index contributed by atoms with van der Waals surface area (Å²) in [6, 6.07) is 0.192. The maximum atomic E-state index is 10.7. The molecule has 1 aliphatic rings. The maximum Gasteiger partial charge on any atom is 0.409 e. The summed E-state index contributed by atoms with van der Waals surface area (Å²) in [5, 5.41) is 0. The second-order valence-corrected chi connectivity index (χ2v) is 2.42. The molecule has 2 N–H and O–H groups in total. The van der Waals surface area contributed by atoms with Crippen molar-refractivity contribution in [3.05, 3.63) is 0 Å². The Bertz CT molecular complexity index is 138. The molecule has 0 bridgehead atoms. The van der Waals surface area contributed by atoms with Gasteiger partial charge >= 0.3 is 6.09 Å². The molecule has 1 amide bonds. The lowest BCUT2D eigenvalue weighted by atomic mass is 10.2. The lowest BCUT2D eigenvalue weighted by Crippen LogP contribution is -2.31. The smallest absolute Gasteiger partial charge is 0.409 e. The number of cyclic esters (lactones) is 1. The fourth-order valence-corrected chi connectivity index (χ4v) is 1.000. The van der Waals surface area contributed by atoms with Crippen LogP contribution in [0.5, 0.6) is 0 Å². The molecule has 0 aromatic rings. The predicted molar refractivity (Wildman–Crippen MR) is 36.6 cm³/mol. The molecule has 10 heavy (non-hydrogen) atoms. The third-order valence-electron chi connectivity index (χ3n) is 1.73. The molecule has 1 aliphatic heterocycles. The van der Waals surface area contributed by atoms with Crippen molar-refractivity contribution in [3.8, 4) is 0 Å². The quantitative estimate of drug-likeness (QED) is 0.583. The van der Waals surface area contributed by atoms with Crippen molar-refractivity contribution >= 4 is 6.09 Å². The monoisotopic (exact) mass is 144 g/mol. The Balaban J connectivity index is 2.41. The van der Waals surface area contributed by atoms with Crippen molar-refractivity contribution in [1.82, 2.24) is 4.90 Å². The van der Waals surface area contributed by atoms with E-state index in [1.807, 2.05) is 0 Å². The number of rotatable bonds is 2. The molecule has 4 nitrogen and oxygen atoms in total. The number of hydrogen-bond acceptors (Lipinski definition) is 3. The van der Waals surface area contributed by atoms with Gasteiger partial charge in [0.15, 0.2) is 0 Å². The van der Waals surface area contributed by atoms with Gasteiger partial charge in [-0.2, -0.15) is 0 Å². The van der Waals surface area contributed by atoms with Gasteiger partial charge in [0, 0.05) is 7.05 Å². The summed E-state index contributed by atoms with van der Waals surface area (Å²) in [5.74, 6) is 0. The van der Waals surface area contributed by atoms with E-state index in [4.69, 9.17) is 10.5 Å². The first kappa shape index (κ1) is 7.34. The highest BCUT2D eigenvalue weighted by molar-refractivity contribution is 5.69. The molecule has 0 aliphatic carbocycles. The topological polar surface area (TPSA) is 55.6 Å². The Morgan fingerprint density at radius 2 is 2.60 bits per heavy atom. The second-order valence-electron chi connectivity index (χ2n) is 2.42. The second kappa shape index (κ2) is 2.88. The molecule has 1 atom stereocenters. The molecule has 1 saturated heterocycles. The largest absolute Gasteiger partial charge is 0.447 e. The first-order valence-electron chi connectivity index (χ1n) is 3.35. The van der Waals surface area contributed by atoms with E-state index >= 15 is 0 Å². The van der Waals surface area contributed by atoms with E-state index in [1.54, 1.807) is 11.9 Å². The predicted octanol–water partition coefficient (Wildman–Crippen LogP) is -0.214. The van der Waals surface area contributed by atoms with Gasteiger partial charge in [0.1, 0.15) is 6.61 Å². The van der Waals surface area contributed by atoms with Gasteiger partial charge in [-0.15, -0.1) is 0 Å². The Morgan fingerprint density at radius 1 is 1.90 bits per heavy atom. The highest BCUT2D eigenvalue weighted by atomic mass is 16.6. The van der Waals surface area contributed by atoms with Crippen molar-refractivity contribution in [3.63, 3.8) is 0 Å². The van der Waals surface area contributed by atoms with Gasteiger partial charge in [-0.1, -0.05) is 0 Å². The van der Waals surface area contributed by atoms with Crippen LogP contribution in [0.1, 0.15) is 6.42 Å². The Hall–Kier alpha value is -0.770. The lowest BCUT2D eigenvalue weighted by molar-refractivity contribution is 0.163. The van der Waals surface area contributed by atoms with Gasteiger partial charge < -0.3 is 15.4 Å². The van der Waals surface area contributed by atoms with Gasteiger partial charge in [0.05, 0.1) is 6.04 Å². The third kappa shape index (κ3) is 1.21. The van der Waals surface area contributed by atoms with Crippen molar-refractivity contribution in [2.24, 2.45) is 5.73 Å². The number of carbonyl (C=O) groups excluding carboxylic acids is 1. The van der Waals surface area contributed by atoms with Crippen molar-refractivity contribution in [1.29, 1.82) is 0 Å². The van der Waals surface area contributed by atoms with Gasteiger partial charge in [0.25, 0.3) is 0 Å². The van der Waals surface area contributed by atoms with Crippen LogP contribution < -0.4 is 5.73 Å². The van der Waals surface area contributed by atoms with Crippen LogP contribution in [0.25, 0.3) is 0 Å². The number of nitrogens with two attached hydrogens (primary N) is 1. The van der Waals surface area contributed by atoms with E-state index in [0.717, 1.165) is 6.42 Å². The van der Waals surface area contributed by atoms with E-state index in [-0.39, 0.29) is 12.1 Å². The van der Waals surface area contributed by atoms with Crippen LogP contribution in [0.2, 0.25) is 0 Å². The van der Waals surface area contributed by atoms with Crippen LogP contribution in [-0.2, 0) is 4.74 Å². The lowest BCUT2D eigenvalue weighted by Gasteiger charge is -2.13. The SMILES string of the molecule is CN1C(=O)OCC1CCN. The van der Waals surface area contributed by atoms with Crippen LogP contribution in [0, 0.1) is 0 Å². The van der Waals surface area contributed by atoms with Gasteiger partial charge in [-0.25, -0.2) is 4.79 Å². The molecule has 0 radical (unpaired) electrons. The summed E-state index contributed by atoms with van der Waals surface area (Å²) in [7, 11) is 1.73. The highest BCUT2D eigenvalue weighted by Gasteiger charge is 2.28. The van der Waals surface area contributed by atoms with E-state index in [2.05, 4.69) is 0 Å². The maximum absolute atomic E-state index is 10.7. The molecule has 1 unspecified atom stereocenters. The summed E-state index contributed by atoms with van der Waals surface area (Å²) in [6.45, 7) is 1.10. The van der Waals surface area contributed by atoms with Crippen molar-refractivity contribution in [2.75, 3.05) is 20.2 Å². The van der Waals surface area contributed by atoms with Crippen LogP contribution in [0.4, 0.5) is 4.79 Å². The number of nitrogens with zero attached hydrogens (tertiary/aromatic N) is 1. The van der Waals surface area contributed by atoms with Gasteiger partial charge in [0.2, 0.25) is 0 Å². The zero-order valence-electron chi connectivity index (χ0n) is 6.04. The van der Waals surface area contributed by atoms with E-state index in [1.165, 1.54) is 0 Å². The van der Waals surface area contributed by atoms with Crippen molar-refractivity contribution in [2.45, 2.75) is 12.5 Å². The molecular weight excluding hydrogens is 132 g/mol. The number of amides is 1. The zero-order chi connectivity index (χ0) is 7.56. The molecule has 1 heterocycles. The average molecular weight is 144 g/mol. The normalized spacial score (nSPS) is 25.2. The van der Waals surface area contributed by atoms with E-state index in [9.17, 15) is 4.79 Å². The molecule has 58 valence electrons. The molecular formula is C6H12N2O2. The standard InChI is InChI=1S/C6H12N2O2/c1-8-5(2-3-7)4-10-6(8)9/h5H,2-4,7H2,1H3. The first-order valence-corrected chi connectivity index (χ1v) is 3.35. The third-order valence-corrected chi connectivity index (χ3v) is 1.73. The molecule has 0 aromatic heterocycles. The van der Waals surface area contributed by atoms with Crippen LogP contribution in [0.15, 0.2) is 0 Å². The molecule has 1 fully saturated rings. The number of hydrogen-bond donors (Lipinski definition) is 1. The number of ether oxygens (including phenoxy) is 1. The fraction of sp³-hybridized carbons (Fsp3) is 0.833. The Labute approximate surface area is 59.9 Å². The molecule has 0 aromatic carbocycles. The number of carbonyl (C=O) groups is 1. The average Bonchev–Trinajstić information content (AvgIpc) is 2.20. The van der Waals surface area contributed by atoms with Crippen LogP contribution in [-0.4, -0.2) is 37.2 Å². The summed E-state index contributed by atoms with van der Waals surface area (Å²) in [5.41, 5.74) is 5.32. The summed E-state index contributed by atoms with van der Waals surface area (Å²) in [6.07, 6.45) is 0.584. The minimum Gasteiger partial charge on any atom is -0.447 e. The fourth-order valence-electron chi connectivity index (χ4n) is 1.000. The number of likely N-dealkylation sites (N-methyl/N-ethyl adjacent to an activating group) is 1. The molecule has 0 saturated carbocycles. The molecule has 0 spiro atoms. The van der Waals surface area contributed by atoms with E-state index < -0.39 is 0 Å². The first-order chi connectivity index (χ1) is 4.75. The molecule has 4 heteroatoms. The summed E-state index contributed by atoms with van der Waals surface area (Å²) >= 11 is 0. The highest BCUT2D eigenvalue weighted by Crippen LogP contribution is 2.11. The van der Waals surface area contributed by atoms with Gasteiger partial charge in [-0.3, -0.25) is 0 Å². The van der Waals surface area contributed by atoms with Crippen LogP contribution >= 0.6 is 0 Å².